The van der Waals surface area contributed by atoms with E-state index in [4.69, 9.17) is 4.74 Å². The van der Waals surface area contributed by atoms with Crippen LogP contribution in [-0.2, 0) is 4.74 Å². The summed E-state index contributed by atoms with van der Waals surface area (Å²) < 4.78 is 5.73. The maximum absolute atomic E-state index is 5.73. The van der Waals surface area contributed by atoms with E-state index in [1.165, 1.54) is 16.2 Å². The highest BCUT2D eigenvalue weighted by molar-refractivity contribution is 7.15. The molecule has 1 atom stereocenters. The number of nitrogens with one attached hydrogen (secondary N) is 1. The Hall–Kier alpha value is -1.65. The zero-order valence-electron chi connectivity index (χ0n) is 10.4. The van der Waals surface area contributed by atoms with Gasteiger partial charge in [-0.2, -0.15) is 0 Å². The monoisotopic (exact) mass is 270 g/mol. The highest BCUT2D eigenvalue weighted by atomic mass is 32.1. The third-order valence-electron chi connectivity index (χ3n) is 3.50. The number of benzene rings is 1. The molecule has 19 heavy (non-hydrogen) atoms. The minimum Gasteiger partial charge on any atom is -0.373 e. The first-order valence-electron chi connectivity index (χ1n) is 6.56. The third-order valence-corrected chi connectivity index (χ3v) is 4.68. The van der Waals surface area contributed by atoms with Gasteiger partial charge in [-0.05, 0) is 37.1 Å². The van der Waals surface area contributed by atoms with Gasteiger partial charge in [-0.25, -0.2) is 4.98 Å². The highest BCUT2D eigenvalue weighted by Crippen LogP contribution is 2.36. The van der Waals surface area contributed by atoms with Crippen LogP contribution in [0, 0.1) is 0 Å². The van der Waals surface area contributed by atoms with Crippen molar-refractivity contribution in [3.63, 3.8) is 0 Å². The quantitative estimate of drug-likeness (QED) is 0.760. The fourth-order valence-corrected chi connectivity index (χ4v) is 3.56. The van der Waals surface area contributed by atoms with E-state index in [1.807, 2.05) is 18.2 Å². The summed E-state index contributed by atoms with van der Waals surface area (Å²) >= 11 is 1.78. The number of aromatic nitrogens is 2. The summed E-state index contributed by atoms with van der Waals surface area (Å²) in [7, 11) is 0. The summed E-state index contributed by atoms with van der Waals surface area (Å²) in [5.74, 6) is 0.954. The number of rotatable bonds is 2. The molecule has 3 aromatic rings. The Morgan fingerprint density at radius 2 is 2.16 bits per heavy atom. The molecule has 0 bridgehead atoms. The van der Waals surface area contributed by atoms with Crippen molar-refractivity contribution in [1.82, 2.24) is 9.97 Å². The molecule has 4 rings (SSSR count). The van der Waals surface area contributed by atoms with Gasteiger partial charge in [-0.1, -0.05) is 12.1 Å². The van der Waals surface area contributed by atoms with Crippen molar-refractivity contribution in [1.29, 1.82) is 0 Å². The fourth-order valence-electron chi connectivity index (χ4n) is 2.52. The lowest BCUT2D eigenvalue weighted by molar-refractivity contribution is 0.114. The molecule has 1 fully saturated rings. The van der Waals surface area contributed by atoms with Gasteiger partial charge in [-0.15, -0.1) is 11.3 Å². The number of fused-ring (bicyclic) bond motifs is 1. The smallest absolute Gasteiger partial charge is 0.148 e. The summed E-state index contributed by atoms with van der Waals surface area (Å²) in [4.78, 5) is 10.5. The van der Waals surface area contributed by atoms with Crippen molar-refractivity contribution in [2.75, 3.05) is 6.61 Å². The third kappa shape index (κ3) is 1.97. The van der Waals surface area contributed by atoms with Crippen molar-refractivity contribution < 1.29 is 4.74 Å². The van der Waals surface area contributed by atoms with Crippen LogP contribution >= 0.6 is 11.3 Å². The topological polar surface area (TPSA) is 37.9 Å². The Bertz CT molecular complexity index is 677. The standard InChI is InChI=1S/C15H14N2OS/c1-2-5-11-10(4-1)16-15(17-11)14-8-7-13(19-14)12-6-3-9-18-12/h1-2,4-5,7-8,12H,3,6,9H2,(H,16,17)/t12-/m1/s1. The van der Waals surface area contributed by atoms with Crippen LogP contribution < -0.4 is 0 Å². The van der Waals surface area contributed by atoms with Crippen molar-refractivity contribution in [2.45, 2.75) is 18.9 Å². The van der Waals surface area contributed by atoms with Crippen LogP contribution in [0.1, 0.15) is 23.8 Å². The molecule has 3 heterocycles. The SMILES string of the molecule is c1ccc2[nH]c(-c3ccc([C@H]4CCCO4)s3)nc2c1. The molecular formula is C15H14N2OS. The molecule has 3 nitrogen and oxygen atoms in total. The summed E-state index contributed by atoms with van der Waals surface area (Å²) in [6.07, 6.45) is 2.60. The molecule has 0 spiro atoms. The molecule has 0 aliphatic carbocycles. The molecule has 0 amide bonds. The second kappa shape index (κ2) is 4.47. The second-order valence-electron chi connectivity index (χ2n) is 4.81. The normalized spacial score (nSPS) is 19.3. The summed E-state index contributed by atoms with van der Waals surface area (Å²) in [6.45, 7) is 0.891. The highest BCUT2D eigenvalue weighted by Gasteiger charge is 2.20. The van der Waals surface area contributed by atoms with E-state index < -0.39 is 0 Å². The van der Waals surface area contributed by atoms with Crippen molar-refractivity contribution in [3.8, 4) is 10.7 Å². The van der Waals surface area contributed by atoms with E-state index in [0.29, 0.717) is 6.10 Å². The number of H-pyrrole nitrogens is 1. The van der Waals surface area contributed by atoms with Gasteiger partial charge in [0.15, 0.2) is 0 Å². The Kier molecular flexibility index (Phi) is 2.64. The molecule has 0 unspecified atom stereocenters. The van der Waals surface area contributed by atoms with Gasteiger partial charge in [0.2, 0.25) is 0 Å². The zero-order chi connectivity index (χ0) is 12.7. The molecule has 1 saturated heterocycles. The van der Waals surface area contributed by atoms with Crippen molar-refractivity contribution in [3.05, 3.63) is 41.3 Å². The van der Waals surface area contributed by atoms with Gasteiger partial charge in [0.05, 0.1) is 22.0 Å². The van der Waals surface area contributed by atoms with E-state index in [-0.39, 0.29) is 0 Å². The van der Waals surface area contributed by atoms with Crippen LogP contribution in [0.4, 0.5) is 0 Å². The number of imidazole rings is 1. The van der Waals surface area contributed by atoms with E-state index in [2.05, 4.69) is 28.2 Å². The maximum atomic E-state index is 5.73. The first-order valence-corrected chi connectivity index (χ1v) is 7.38. The number of ether oxygens (including phenoxy) is 1. The first-order chi connectivity index (χ1) is 9.40. The molecule has 4 heteroatoms. The Labute approximate surface area is 115 Å². The lowest BCUT2D eigenvalue weighted by Crippen LogP contribution is -1.90. The van der Waals surface area contributed by atoms with Gasteiger partial charge in [0.25, 0.3) is 0 Å². The largest absolute Gasteiger partial charge is 0.373 e. The molecular weight excluding hydrogens is 256 g/mol. The average molecular weight is 270 g/mol. The lowest BCUT2D eigenvalue weighted by atomic mass is 10.2. The summed E-state index contributed by atoms with van der Waals surface area (Å²) in [5.41, 5.74) is 2.11. The van der Waals surface area contributed by atoms with Gasteiger partial charge in [0, 0.05) is 11.5 Å². The molecule has 1 N–H and O–H groups in total. The van der Waals surface area contributed by atoms with Crippen molar-refractivity contribution >= 4 is 22.4 Å². The number of hydrogen-bond donors (Lipinski definition) is 1. The molecule has 1 aliphatic heterocycles. The number of nitrogens with zero attached hydrogens (tertiary/aromatic N) is 1. The average Bonchev–Trinajstić information content (AvgIpc) is 3.17. The van der Waals surface area contributed by atoms with Crippen LogP contribution in [0.2, 0.25) is 0 Å². The van der Waals surface area contributed by atoms with E-state index >= 15 is 0 Å². The number of aromatic amines is 1. The molecule has 0 saturated carbocycles. The minimum atomic E-state index is 0.295. The molecule has 1 aromatic carbocycles. The molecule has 96 valence electrons. The summed E-state index contributed by atoms with van der Waals surface area (Å²) in [5, 5.41) is 0. The molecule has 2 aromatic heterocycles. The summed E-state index contributed by atoms with van der Waals surface area (Å²) in [6, 6.07) is 12.4. The van der Waals surface area contributed by atoms with E-state index in [0.717, 1.165) is 29.9 Å². The van der Waals surface area contributed by atoms with Gasteiger partial charge in [0.1, 0.15) is 5.82 Å². The number of hydrogen-bond acceptors (Lipinski definition) is 3. The second-order valence-corrected chi connectivity index (χ2v) is 5.92. The Morgan fingerprint density at radius 1 is 1.21 bits per heavy atom. The van der Waals surface area contributed by atoms with Crippen LogP contribution in [0.5, 0.6) is 0 Å². The van der Waals surface area contributed by atoms with Crippen LogP contribution in [0.3, 0.4) is 0 Å². The van der Waals surface area contributed by atoms with E-state index in [9.17, 15) is 0 Å². The molecule has 1 aliphatic rings. The Morgan fingerprint density at radius 3 is 3.00 bits per heavy atom. The fraction of sp³-hybridized carbons (Fsp3) is 0.267. The number of para-hydroxylation sites is 2. The Balaban J connectivity index is 1.71. The van der Waals surface area contributed by atoms with Gasteiger partial charge < -0.3 is 9.72 Å². The minimum absolute atomic E-state index is 0.295. The van der Waals surface area contributed by atoms with Gasteiger partial charge >= 0.3 is 0 Å². The first kappa shape index (κ1) is 11.2. The predicted octanol–water partition coefficient (Wildman–Crippen LogP) is 4.14. The lowest BCUT2D eigenvalue weighted by Gasteiger charge is -2.04. The van der Waals surface area contributed by atoms with Crippen LogP contribution in [0.25, 0.3) is 21.7 Å². The van der Waals surface area contributed by atoms with Crippen molar-refractivity contribution in [2.24, 2.45) is 0 Å². The van der Waals surface area contributed by atoms with Gasteiger partial charge in [-0.3, -0.25) is 0 Å². The van der Waals surface area contributed by atoms with Crippen LogP contribution in [0.15, 0.2) is 36.4 Å². The maximum Gasteiger partial charge on any atom is 0.148 e. The molecule has 0 radical (unpaired) electrons. The van der Waals surface area contributed by atoms with E-state index in [1.54, 1.807) is 11.3 Å². The predicted molar refractivity (Wildman–Crippen MR) is 77.3 cm³/mol. The zero-order valence-corrected chi connectivity index (χ0v) is 11.2. The number of thiophene rings is 1. The van der Waals surface area contributed by atoms with Crippen LogP contribution in [-0.4, -0.2) is 16.6 Å².